The minimum Gasteiger partial charge on any atom is -0.444 e. The van der Waals surface area contributed by atoms with Crippen molar-refractivity contribution in [3.8, 4) is 0 Å². The molecule has 14 nitrogen and oxygen atoms in total. The molecule has 58 heavy (non-hydrogen) atoms. The maximum atomic E-state index is 13.7. The van der Waals surface area contributed by atoms with Crippen LogP contribution in [0, 0.1) is 17.8 Å². The maximum absolute atomic E-state index is 13.7. The van der Waals surface area contributed by atoms with Crippen LogP contribution in [0.4, 0.5) is 21.2 Å². The molecule has 2 atom stereocenters. The van der Waals surface area contributed by atoms with E-state index in [0.717, 1.165) is 77.4 Å². The van der Waals surface area contributed by atoms with E-state index in [1.54, 1.807) is 9.80 Å². The van der Waals surface area contributed by atoms with Gasteiger partial charge in [0, 0.05) is 77.4 Å². The molecule has 2 aromatic heterocycles. The van der Waals surface area contributed by atoms with E-state index in [9.17, 15) is 19.8 Å². The van der Waals surface area contributed by atoms with Crippen molar-refractivity contribution in [2.45, 2.75) is 83.3 Å². The van der Waals surface area contributed by atoms with Gasteiger partial charge in [0.1, 0.15) is 11.2 Å². The number of anilines is 2. The van der Waals surface area contributed by atoms with Crippen LogP contribution in [0.5, 0.6) is 0 Å². The summed E-state index contributed by atoms with van der Waals surface area (Å²) in [5.74, 6) is 2.11. The Morgan fingerprint density at radius 3 is 1.57 bits per heavy atom. The number of para-hydroxylation sites is 4. The highest BCUT2D eigenvalue weighted by atomic mass is 16.6. The number of hydrogen-bond donors (Lipinski definition) is 2. The van der Waals surface area contributed by atoms with E-state index in [1.165, 1.54) is 0 Å². The fraction of sp³-hybridized carbons (Fsp3) is 0.591. The number of aliphatic hydroxyl groups is 2. The van der Waals surface area contributed by atoms with E-state index in [0.29, 0.717) is 51.6 Å². The number of aliphatic hydroxyl groups excluding tert-OH is 2. The van der Waals surface area contributed by atoms with Gasteiger partial charge in [0.05, 0.1) is 33.5 Å². The van der Waals surface area contributed by atoms with Gasteiger partial charge in [-0.1, -0.05) is 24.3 Å². The molecule has 4 saturated heterocycles. The van der Waals surface area contributed by atoms with Crippen LogP contribution >= 0.6 is 0 Å². The van der Waals surface area contributed by atoms with E-state index >= 15 is 0 Å². The van der Waals surface area contributed by atoms with Crippen molar-refractivity contribution in [2.24, 2.45) is 17.8 Å². The average molecular weight is 795 g/mol. The normalized spacial score (nSPS) is 21.3. The smallest absolute Gasteiger partial charge is 0.410 e. The SMILES string of the molecule is CC(C)(C)OC(=O)N1CC(c2nc3ccccc3nc2N2CCC(CO)C(CC(C)(C)OC(=O)N3CC(c4nc5ccccc5nc4N4CCC(CO)CC4)C3)C2)C1. The van der Waals surface area contributed by atoms with Crippen molar-refractivity contribution in [3.05, 3.63) is 59.9 Å². The van der Waals surface area contributed by atoms with Gasteiger partial charge in [-0.2, -0.15) is 0 Å². The number of likely N-dealkylation sites (tertiary alicyclic amines) is 2. The van der Waals surface area contributed by atoms with Gasteiger partial charge < -0.3 is 39.3 Å². The first-order valence-electron chi connectivity index (χ1n) is 21.0. The van der Waals surface area contributed by atoms with Crippen LogP contribution in [0.15, 0.2) is 48.5 Å². The number of aromatic nitrogens is 4. The molecule has 8 rings (SSSR count). The summed E-state index contributed by atoms with van der Waals surface area (Å²) < 4.78 is 11.9. The minimum absolute atomic E-state index is 0.0153. The predicted molar refractivity (Wildman–Crippen MR) is 222 cm³/mol. The highest BCUT2D eigenvalue weighted by molar-refractivity contribution is 5.78. The van der Waals surface area contributed by atoms with Gasteiger partial charge in [0.15, 0.2) is 11.6 Å². The zero-order valence-corrected chi connectivity index (χ0v) is 34.5. The molecule has 2 aromatic carbocycles. The Hall–Kier alpha value is -4.82. The molecule has 2 amide bonds. The van der Waals surface area contributed by atoms with Crippen LogP contribution in [0.3, 0.4) is 0 Å². The Morgan fingerprint density at radius 2 is 1.09 bits per heavy atom. The Bertz CT molecular complexity index is 2120. The lowest BCUT2D eigenvalue weighted by atomic mass is 9.79. The van der Waals surface area contributed by atoms with Gasteiger partial charge >= 0.3 is 12.2 Å². The van der Waals surface area contributed by atoms with E-state index in [2.05, 4.69) is 9.80 Å². The predicted octanol–water partition coefficient (Wildman–Crippen LogP) is 5.96. The van der Waals surface area contributed by atoms with Crippen molar-refractivity contribution < 1.29 is 29.3 Å². The minimum atomic E-state index is -0.798. The summed E-state index contributed by atoms with van der Waals surface area (Å²) in [7, 11) is 0. The molecule has 6 heterocycles. The van der Waals surface area contributed by atoms with Crippen LogP contribution in [0.1, 0.15) is 83.5 Å². The second kappa shape index (κ2) is 16.1. The largest absolute Gasteiger partial charge is 0.444 e. The molecule has 0 saturated carbocycles. The molecular weight excluding hydrogens is 737 g/mol. The van der Waals surface area contributed by atoms with E-state index in [1.807, 2.05) is 83.1 Å². The first-order chi connectivity index (χ1) is 27.8. The highest BCUT2D eigenvalue weighted by Crippen LogP contribution is 2.40. The van der Waals surface area contributed by atoms with Crippen LogP contribution in [0.2, 0.25) is 0 Å². The lowest BCUT2D eigenvalue weighted by Crippen LogP contribution is -2.52. The first-order valence-corrected chi connectivity index (χ1v) is 21.0. The zero-order valence-electron chi connectivity index (χ0n) is 34.5. The molecule has 0 radical (unpaired) electrons. The molecule has 2 unspecified atom stereocenters. The second-order valence-electron chi connectivity index (χ2n) is 18.4. The van der Waals surface area contributed by atoms with Crippen molar-refractivity contribution in [1.82, 2.24) is 29.7 Å². The van der Waals surface area contributed by atoms with Gasteiger partial charge in [0.2, 0.25) is 0 Å². The van der Waals surface area contributed by atoms with Crippen molar-refractivity contribution >= 4 is 45.9 Å². The quantitative estimate of drug-likeness (QED) is 0.205. The number of ether oxygens (including phenoxy) is 2. The van der Waals surface area contributed by atoms with Crippen LogP contribution in [0.25, 0.3) is 22.1 Å². The number of benzene rings is 2. The van der Waals surface area contributed by atoms with Crippen LogP contribution < -0.4 is 9.80 Å². The number of carbonyl (C=O) groups is 2. The lowest BCUT2D eigenvalue weighted by molar-refractivity contribution is -0.0228. The van der Waals surface area contributed by atoms with Crippen molar-refractivity contribution in [1.29, 1.82) is 0 Å². The van der Waals surface area contributed by atoms with E-state index < -0.39 is 11.2 Å². The van der Waals surface area contributed by atoms with Crippen molar-refractivity contribution in [3.63, 3.8) is 0 Å². The summed E-state index contributed by atoms with van der Waals surface area (Å²) in [6, 6.07) is 15.8. The molecule has 0 spiro atoms. The number of piperidine rings is 2. The summed E-state index contributed by atoms with van der Waals surface area (Å²) in [6.45, 7) is 14.7. The Labute approximate surface area is 340 Å². The summed E-state index contributed by atoms with van der Waals surface area (Å²) in [4.78, 5) is 54.9. The molecule has 4 fully saturated rings. The number of nitrogens with zero attached hydrogens (tertiary/aromatic N) is 8. The Kier molecular flexibility index (Phi) is 11.1. The zero-order chi connectivity index (χ0) is 40.8. The number of fused-ring (bicyclic) bond motifs is 2. The molecule has 4 aromatic rings. The third kappa shape index (κ3) is 8.49. The number of hydrogen-bond acceptors (Lipinski definition) is 12. The molecule has 310 valence electrons. The van der Waals surface area contributed by atoms with Gasteiger partial charge in [-0.3, -0.25) is 0 Å². The van der Waals surface area contributed by atoms with Gasteiger partial charge in [-0.15, -0.1) is 0 Å². The summed E-state index contributed by atoms with van der Waals surface area (Å²) in [5, 5.41) is 20.2. The lowest BCUT2D eigenvalue weighted by Gasteiger charge is -2.45. The third-order valence-corrected chi connectivity index (χ3v) is 12.3. The molecule has 4 aliphatic rings. The standard InChI is InChI=1S/C44H58N8O6/c1-43(2,3)57-41(55)51-22-32(23-51)38-40(48-36-13-9-7-11-34(36)46-38)50-19-16-29(27-54)30(21-50)20-44(4,5)58-42(56)52-24-31(25-52)37-39(49-17-14-28(26-53)15-18-49)47-35-12-8-6-10-33(35)45-37/h6-13,28-32,53-54H,14-27H2,1-5H3. The highest BCUT2D eigenvalue weighted by Gasteiger charge is 2.43. The fourth-order valence-electron chi connectivity index (χ4n) is 9.00. The average Bonchev–Trinajstić information content (AvgIpc) is 3.15. The topological polar surface area (TPSA) is 158 Å². The maximum Gasteiger partial charge on any atom is 0.410 e. The number of carbonyl (C=O) groups excluding carboxylic acids is 2. The van der Waals surface area contributed by atoms with Crippen LogP contribution in [-0.2, 0) is 9.47 Å². The molecule has 4 aliphatic heterocycles. The molecular formula is C44H58N8O6. The molecule has 0 aliphatic carbocycles. The third-order valence-electron chi connectivity index (χ3n) is 12.3. The summed E-state index contributed by atoms with van der Waals surface area (Å²) in [5.41, 5.74) is 3.71. The number of amides is 2. The Balaban J connectivity index is 0.936. The van der Waals surface area contributed by atoms with Gasteiger partial charge in [-0.05, 0) is 102 Å². The molecule has 14 heteroatoms. The van der Waals surface area contributed by atoms with Crippen molar-refractivity contribution in [2.75, 3.05) is 75.4 Å². The van der Waals surface area contributed by atoms with Gasteiger partial charge in [0.25, 0.3) is 0 Å². The number of rotatable bonds is 9. The van der Waals surface area contributed by atoms with E-state index in [4.69, 9.17) is 29.4 Å². The van der Waals surface area contributed by atoms with Gasteiger partial charge in [-0.25, -0.2) is 29.5 Å². The van der Waals surface area contributed by atoms with E-state index in [-0.39, 0.29) is 49.1 Å². The molecule has 2 N–H and O–H groups in total. The summed E-state index contributed by atoms with van der Waals surface area (Å²) >= 11 is 0. The monoisotopic (exact) mass is 794 g/mol. The fourth-order valence-corrected chi connectivity index (χ4v) is 9.00. The second-order valence-corrected chi connectivity index (χ2v) is 18.4. The Morgan fingerprint density at radius 1 is 0.621 bits per heavy atom. The first kappa shape index (κ1) is 40.0. The molecule has 0 bridgehead atoms. The summed E-state index contributed by atoms with van der Waals surface area (Å²) in [6.07, 6.45) is 2.46. The van der Waals surface area contributed by atoms with Crippen LogP contribution in [-0.4, -0.2) is 129 Å².